The third-order valence-electron chi connectivity index (χ3n) is 2.04. The molecule has 0 saturated heterocycles. The van der Waals surface area contributed by atoms with Gasteiger partial charge in [0, 0.05) is 14.9 Å². The minimum Gasteiger partial charge on any atom is -0.295 e. The maximum atomic E-state index is 10.6. The number of nitrogens with zero attached hydrogens (tertiary/aromatic N) is 1. The molecule has 4 heteroatoms. The number of aldehydes is 1. The van der Waals surface area contributed by atoms with Crippen LogP contribution in [0.5, 0.6) is 0 Å². The van der Waals surface area contributed by atoms with Gasteiger partial charge in [0.1, 0.15) is 0 Å². The Morgan fingerprint density at radius 3 is 2.73 bits per heavy atom. The zero-order valence-corrected chi connectivity index (χ0v) is 10.4. The number of benzene rings is 1. The molecule has 1 aromatic heterocycles. The molecule has 0 unspecified atom stereocenters. The van der Waals surface area contributed by atoms with E-state index < -0.39 is 0 Å². The van der Waals surface area contributed by atoms with Gasteiger partial charge in [0.15, 0.2) is 11.3 Å². The van der Waals surface area contributed by atoms with Crippen molar-refractivity contribution in [3.05, 3.63) is 38.6 Å². The maximum absolute atomic E-state index is 10.6. The van der Waals surface area contributed by atoms with Crippen molar-refractivity contribution >= 4 is 33.6 Å². The molecule has 0 radical (unpaired) electrons. The number of hydrogen-bond acceptors (Lipinski definition) is 3. The Hall–Kier alpha value is -1.00. The zero-order valence-electron chi connectivity index (χ0n) is 8.03. The Labute approximate surface area is 100 Å². The minimum atomic E-state index is 0.526. The van der Waals surface area contributed by atoms with Gasteiger partial charge in [-0.05, 0) is 13.0 Å². The van der Waals surface area contributed by atoms with Crippen LogP contribution in [-0.4, -0.2) is 11.3 Å². The normalized spacial score (nSPS) is 10.3. The van der Waals surface area contributed by atoms with Crippen molar-refractivity contribution in [2.45, 2.75) is 6.92 Å². The van der Waals surface area contributed by atoms with Gasteiger partial charge in [-0.15, -0.1) is 11.3 Å². The molecule has 0 aliphatic heterocycles. The van der Waals surface area contributed by atoms with Crippen LogP contribution in [0.1, 0.15) is 14.7 Å². The first-order chi connectivity index (χ1) is 7.22. The van der Waals surface area contributed by atoms with Crippen LogP contribution in [0, 0.1) is 6.92 Å². The number of aryl methyl sites for hydroxylation is 1. The van der Waals surface area contributed by atoms with Crippen LogP contribution in [0.4, 0.5) is 0 Å². The van der Waals surface area contributed by atoms with Crippen LogP contribution in [0.3, 0.4) is 0 Å². The standard InChI is InChI=1S/C11H8BrNOS/c1-7-11(13-10(6-14)15-7)8-4-2-3-5-9(8)12/h2-6H,1H3. The molecular weight excluding hydrogens is 274 g/mol. The molecule has 2 aromatic rings. The molecule has 0 N–H and O–H groups in total. The first-order valence-electron chi connectivity index (χ1n) is 4.40. The number of halogens is 1. The van der Waals surface area contributed by atoms with Crippen molar-refractivity contribution in [3.63, 3.8) is 0 Å². The Balaban J connectivity index is 2.58. The molecule has 1 heterocycles. The molecule has 0 fully saturated rings. The number of carbonyl (C=O) groups is 1. The van der Waals surface area contributed by atoms with E-state index in [1.165, 1.54) is 11.3 Å². The van der Waals surface area contributed by atoms with E-state index in [0.717, 1.165) is 26.9 Å². The number of carbonyl (C=O) groups excluding carboxylic acids is 1. The van der Waals surface area contributed by atoms with Gasteiger partial charge in [-0.25, -0.2) is 4.98 Å². The second-order valence-corrected chi connectivity index (χ2v) is 5.14. The predicted octanol–water partition coefficient (Wildman–Crippen LogP) is 3.69. The van der Waals surface area contributed by atoms with Crippen LogP contribution in [0.25, 0.3) is 11.3 Å². The highest BCUT2D eigenvalue weighted by Crippen LogP contribution is 2.31. The van der Waals surface area contributed by atoms with Crippen molar-refractivity contribution in [1.82, 2.24) is 4.98 Å². The zero-order chi connectivity index (χ0) is 10.8. The minimum absolute atomic E-state index is 0.526. The monoisotopic (exact) mass is 281 g/mol. The largest absolute Gasteiger partial charge is 0.295 e. The van der Waals surface area contributed by atoms with Gasteiger partial charge < -0.3 is 0 Å². The third kappa shape index (κ3) is 2.01. The van der Waals surface area contributed by atoms with E-state index in [2.05, 4.69) is 20.9 Å². The molecule has 0 bridgehead atoms. The summed E-state index contributed by atoms with van der Waals surface area (Å²) in [7, 11) is 0. The molecule has 76 valence electrons. The van der Waals surface area contributed by atoms with Crippen LogP contribution >= 0.6 is 27.3 Å². The van der Waals surface area contributed by atoms with Crippen molar-refractivity contribution in [2.75, 3.05) is 0 Å². The first-order valence-corrected chi connectivity index (χ1v) is 6.01. The highest BCUT2D eigenvalue weighted by Gasteiger charge is 2.11. The first kappa shape index (κ1) is 10.5. The van der Waals surface area contributed by atoms with E-state index in [0.29, 0.717) is 5.01 Å². The van der Waals surface area contributed by atoms with Crippen LogP contribution in [0.15, 0.2) is 28.7 Å². The van der Waals surface area contributed by atoms with Crippen LogP contribution < -0.4 is 0 Å². The van der Waals surface area contributed by atoms with Gasteiger partial charge >= 0.3 is 0 Å². The molecular formula is C11H8BrNOS. The summed E-state index contributed by atoms with van der Waals surface area (Å²) < 4.78 is 0.996. The molecule has 0 saturated carbocycles. The number of thiazole rings is 1. The van der Waals surface area contributed by atoms with E-state index in [1.807, 2.05) is 31.2 Å². The van der Waals surface area contributed by atoms with E-state index in [9.17, 15) is 4.79 Å². The molecule has 2 rings (SSSR count). The molecule has 0 atom stereocenters. The maximum Gasteiger partial charge on any atom is 0.178 e. The fourth-order valence-electron chi connectivity index (χ4n) is 1.37. The van der Waals surface area contributed by atoms with Crippen LogP contribution in [-0.2, 0) is 0 Å². The summed E-state index contributed by atoms with van der Waals surface area (Å²) in [6.07, 6.45) is 0.790. The fraction of sp³-hybridized carbons (Fsp3) is 0.0909. The Morgan fingerprint density at radius 2 is 2.13 bits per heavy atom. The van der Waals surface area contributed by atoms with Crippen molar-refractivity contribution in [3.8, 4) is 11.3 Å². The van der Waals surface area contributed by atoms with Crippen molar-refractivity contribution < 1.29 is 4.79 Å². The number of hydrogen-bond donors (Lipinski definition) is 0. The SMILES string of the molecule is Cc1sc(C=O)nc1-c1ccccc1Br. The van der Waals surface area contributed by atoms with Crippen molar-refractivity contribution in [1.29, 1.82) is 0 Å². The van der Waals surface area contributed by atoms with Gasteiger partial charge in [0.25, 0.3) is 0 Å². The summed E-state index contributed by atoms with van der Waals surface area (Å²) in [5.41, 5.74) is 1.91. The molecule has 15 heavy (non-hydrogen) atoms. The van der Waals surface area contributed by atoms with Crippen LogP contribution in [0.2, 0.25) is 0 Å². The molecule has 0 spiro atoms. The average molecular weight is 282 g/mol. The highest BCUT2D eigenvalue weighted by molar-refractivity contribution is 9.10. The quantitative estimate of drug-likeness (QED) is 0.786. The summed E-state index contributed by atoms with van der Waals surface area (Å²) in [6, 6.07) is 7.87. The molecule has 0 aliphatic rings. The van der Waals surface area contributed by atoms with Crippen molar-refractivity contribution in [2.24, 2.45) is 0 Å². The lowest BCUT2D eigenvalue weighted by Crippen LogP contribution is -1.83. The summed E-state index contributed by atoms with van der Waals surface area (Å²) in [5.74, 6) is 0. The van der Waals surface area contributed by atoms with E-state index in [1.54, 1.807) is 0 Å². The fourth-order valence-corrected chi connectivity index (χ4v) is 2.59. The lowest BCUT2D eigenvalue weighted by atomic mass is 10.1. The smallest absolute Gasteiger partial charge is 0.178 e. The number of aromatic nitrogens is 1. The lowest BCUT2D eigenvalue weighted by Gasteiger charge is -2.00. The Bertz CT molecular complexity index is 507. The summed E-state index contributed by atoms with van der Waals surface area (Å²) >= 11 is 4.89. The van der Waals surface area contributed by atoms with Gasteiger partial charge in [-0.3, -0.25) is 4.79 Å². The lowest BCUT2D eigenvalue weighted by molar-refractivity contribution is 0.112. The van der Waals surface area contributed by atoms with E-state index in [4.69, 9.17) is 0 Å². The van der Waals surface area contributed by atoms with Gasteiger partial charge in [0.05, 0.1) is 5.69 Å². The average Bonchev–Trinajstić information content (AvgIpc) is 2.60. The summed E-state index contributed by atoms with van der Waals surface area (Å²) in [6.45, 7) is 1.97. The second-order valence-electron chi connectivity index (χ2n) is 3.05. The van der Waals surface area contributed by atoms with Gasteiger partial charge in [-0.1, -0.05) is 34.1 Å². The third-order valence-corrected chi connectivity index (χ3v) is 3.63. The highest BCUT2D eigenvalue weighted by atomic mass is 79.9. The molecule has 0 amide bonds. The molecule has 0 aliphatic carbocycles. The predicted molar refractivity (Wildman–Crippen MR) is 65.4 cm³/mol. The topological polar surface area (TPSA) is 30.0 Å². The Morgan fingerprint density at radius 1 is 1.40 bits per heavy atom. The van der Waals surface area contributed by atoms with E-state index >= 15 is 0 Å². The second kappa shape index (κ2) is 4.24. The molecule has 1 aromatic carbocycles. The summed E-state index contributed by atoms with van der Waals surface area (Å²) in [5, 5.41) is 0.526. The Kier molecular flexibility index (Phi) is 2.98. The summed E-state index contributed by atoms with van der Waals surface area (Å²) in [4.78, 5) is 16.0. The van der Waals surface area contributed by atoms with Gasteiger partial charge in [0.2, 0.25) is 0 Å². The van der Waals surface area contributed by atoms with E-state index in [-0.39, 0.29) is 0 Å². The van der Waals surface area contributed by atoms with Gasteiger partial charge in [-0.2, -0.15) is 0 Å². The molecule has 2 nitrogen and oxygen atoms in total. The number of rotatable bonds is 2.